The summed E-state index contributed by atoms with van der Waals surface area (Å²) in [6.45, 7) is 5.51. The molecule has 0 aliphatic rings. The van der Waals surface area contributed by atoms with Crippen molar-refractivity contribution >= 4 is 5.91 Å². The second-order valence-electron chi connectivity index (χ2n) is 4.25. The van der Waals surface area contributed by atoms with E-state index in [2.05, 4.69) is 24.3 Å². The fourth-order valence-corrected chi connectivity index (χ4v) is 1.22. The van der Waals surface area contributed by atoms with Crippen LogP contribution in [0.1, 0.15) is 36.3 Å². The lowest BCUT2D eigenvalue weighted by Gasteiger charge is -2.06. The van der Waals surface area contributed by atoms with Gasteiger partial charge in [0.2, 0.25) is 0 Å². The van der Waals surface area contributed by atoms with E-state index < -0.39 is 0 Å². The Morgan fingerprint density at radius 2 is 2.29 bits per heavy atom. The number of rotatable bonds is 6. The van der Waals surface area contributed by atoms with Crippen LogP contribution in [0, 0.1) is 5.92 Å². The highest BCUT2D eigenvalue weighted by Gasteiger charge is 2.03. The van der Waals surface area contributed by atoms with Crippen LogP contribution in [0.15, 0.2) is 18.3 Å². The van der Waals surface area contributed by atoms with E-state index in [-0.39, 0.29) is 5.91 Å². The van der Waals surface area contributed by atoms with Gasteiger partial charge < -0.3 is 4.74 Å². The van der Waals surface area contributed by atoms with Gasteiger partial charge in [-0.1, -0.05) is 13.8 Å². The van der Waals surface area contributed by atoms with Gasteiger partial charge in [0.05, 0.1) is 17.9 Å². The maximum Gasteiger partial charge on any atom is 0.266 e. The van der Waals surface area contributed by atoms with E-state index in [9.17, 15) is 4.79 Å². The van der Waals surface area contributed by atoms with Crippen LogP contribution in [0.4, 0.5) is 0 Å². The first kappa shape index (κ1) is 13.6. The first-order valence-electron chi connectivity index (χ1n) is 5.67. The molecule has 1 heterocycles. The molecule has 17 heavy (non-hydrogen) atoms. The minimum absolute atomic E-state index is 0.343. The summed E-state index contributed by atoms with van der Waals surface area (Å²) in [4.78, 5) is 15.3. The lowest BCUT2D eigenvalue weighted by Crippen LogP contribution is -2.30. The molecule has 1 amide bonds. The Balaban J connectivity index is 2.38. The van der Waals surface area contributed by atoms with Crippen molar-refractivity contribution < 1.29 is 9.53 Å². The number of aromatic nitrogens is 1. The van der Waals surface area contributed by atoms with E-state index in [1.807, 2.05) is 0 Å². The molecule has 0 saturated heterocycles. The molecule has 1 aromatic heterocycles. The highest BCUT2D eigenvalue weighted by Crippen LogP contribution is 2.04. The number of hydrazine groups is 1. The van der Waals surface area contributed by atoms with Gasteiger partial charge >= 0.3 is 0 Å². The van der Waals surface area contributed by atoms with Gasteiger partial charge in [0.15, 0.2) is 0 Å². The number of nitrogen functional groups attached to an aromatic ring is 1. The quantitative estimate of drug-likeness (QED) is 0.338. The summed E-state index contributed by atoms with van der Waals surface area (Å²) in [5.41, 5.74) is 3.31. The largest absolute Gasteiger partial charge is 0.375 e. The minimum atomic E-state index is -0.343. The Morgan fingerprint density at radius 1 is 1.53 bits per heavy atom. The molecule has 0 saturated carbocycles. The van der Waals surface area contributed by atoms with Gasteiger partial charge in [-0.2, -0.15) is 0 Å². The molecule has 5 heteroatoms. The Morgan fingerprint density at radius 3 is 2.82 bits per heavy atom. The average Bonchev–Trinajstić information content (AvgIpc) is 2.34. The van der Waals surface area contributed by atoms with Gasteiger partial charge in [0, 0.05) is 12.8 Å². The van der Waals surface area contributed by atoms with Gasteiger partial charge in [-0.3, -0.25) is 15.2 Å². The zero-order valence-corrected chi connectivity index (χ0v) is 10.3. The number of nitrogens with two attached hydrogens (primary N) is 1. The fraction of sp³-hybridized carbons (Fsp3) is 0.500. The Hall–Kier alpha value is -1.46. The van der Waals surface area contributed by atoms with E-state index in [4.69, 9.17) is 10.6 Å². The van der Waals surface area contributed by atoms with Crippen molar-refractivity contribution in [2.75, 3.05) is 6.61 Å². The van der Waals surface area contributed by atoms with E-state index in [0.29, 0.717) is 18.1 Å². The van der Waals surface area contributed by atoms with Gasteiger partial charge in [-0.05, 0) is 24.5 Å². The lowest BCUT2D eigenvalue weighted by atomic mass is 10.1. The van der Waals surface area contributed by atoms with Crippen molar-refractivity contribution in [1.29, 1.82) is 0 Å². The maximum absolute atomic E-state index is 11.2. The average molecular weight is 237 g/mol. The molecule has 0 aliphatic heterocycles. The molecule has 0 aromatic carbocycles. The van der Waals surface area contributed by atoms with Gasteiger partial charge in [0.25, 0.3) is 5.91 Å². The molecule has 94 valence electrons. The summed E-state index contributed by atoms with van der Waals surface area (Å²) < 4.78 is 5.47. The third kappa shape index (κ3) is 4.93. The van der Waals surface area contributed by atoms with Crippen LogP contribution in [0.2, 0.25) is 0 Å². The molecular formula is C12H19N3O2. The Kier molecular flexibility index (Phi) is 5.59. The van der Waals surface area contributed by atoms with E-state index in [1.54, 1.807) is 12.1 Å². The Bertz CT molecular complexity index is 349. The molecule has 0 spiro atoms. The number of hydrogen-bond acceptors (Lipinski definition) is 4. The smallest absolute Gasteiger partial charge is 0.266 e. The number of ether oxygens (including phenoxy) is 1. The lowest BCUT2D eigenvalue weighted by molar-refractivity contribution is 0.0952. The second kappa shape index (κ2) is 6.98. The Labute approximate surface area is 101 Å². The number of nitrogens with zero attached hydrogens (tertiary/aromatic N) is 1. The standard InChI is InChI=1S/C12H19N3O2/c1-9(2)5-6-17-8-11-4-3-10(7-14-11)12(16)15-13/h3-4,7,9H,5-6,8,13H2,1-2H3,(H,15,16). The van der Waals surface area contributed by atoms with E-state index in [0.717, 1.165) is 18.7 Å². The topological polar surface area (TPSA) is 77.2 Å². The van der Waals surface area contributed by atoms with Crippen LogP contribution < -0.4 is 11.3 Å². The van der Waals surface area contributed by atoms with Gasteiger partial charge in [-0.15, -0.1) is 0 Å². The molecule has 0 fully saturated rings. The number of hydrogen-bond donors (Lipinski definition) is 2. The van der Waals surface area contributed by atoms with Crippen molar-refractivity contribution in [3.05, 3.63) is 29.6 Å². The first-order valence-corrected chi connectivity index (χ1v) is 5.67. The zero-order chi connectivity index (χ0) is 12.7. The normalized spacial score (nSPS) is 10.6. The summed E-state index contributed by atoms with van der Waals surface area (Å²) in [5, 5.41) is 0. The third-order valence-electron chi connectivity index (χ3n) is 2.31. The van der Waals surface area contributed by atoms with Crippen molar-refractivity contribution in [1.82, 2.24) is 10.4 Å². The molecule has 1 rings (SSSR count). The number of nitrogens with one attached hydrogen (secondary N) is 1. The van der Waals surface area contributed by atoms with Crippen LogP contribution in [-0.2, 0) is 11.3 Å². The predicted molar refractivity (Wildman–Crippen MR) is 65.0 cm³/mol. The first-order chi connectivity index (χ1) is 8.13. The van der Waals surface area contributed by atoms with E-state index >= 15 is 0 Å². The van der Waals surface area contributed by atoms with E-state index in [1.165, 1.54) is 6.20 Å². The SMILES string of the molecule is CC(C)CCOCc1ccc(C(=O)NN)cn1. The number of amides is 1. The highest BCUT2D eigenvalue weighted by molar-refractivity contribution is 5.93. The fourth-order valence-electron chi connectivity index (χ4n) is 1.22. The molecule has 0 atom stereocenters. The molecule has 1 aromatic rings. The van der Waals surface area contributed by atoms with Crippen molar-refractivity contribution in [2.45, 2.75) is 26.9 Å². The van der Waals surface area contributed by atoms with Gasteiger partial charge in [0.1, 0.15) is 0 Å². The zero-order valence-electron chi connectivity index (χ0n) is 10.3. The molecule has 5 nitrogen and oxygen atoms in total. The van der Waals surface area contributed by atoms with Crippen LogP contribution in [0.5, 0.6) is 0 Å². The maximum atomic E-state index is 11.2. The van der Waals surface area contributed by atoms with Crippen LogP contribution in [-0.4, -0.2) is 17.5 Å². The minimum Gasteiger partial charge on any atom is -0.375 e. The van der Waals surface area contributed by atoms with Crippen molar-refractivity contribution in [3.63, 3.8) is 0 Å². The molecule has 0 bridgehead atoms. The summed E-state index contributed by atoms with van der Waals surface area (Å²) in [6.07, 6.45) is 2.52. The summed E-state index contributed by atoms with van der Waals surface area (Å²) in [5.74, 6) is 5.31. The number of carbonyl (C=O) groups is 1. The molecule has 0 aliphatic carbocycles. The van der Waals surface area contributed by atoms with Gasteiger partial charge in [-0.25, -0.2) is 5.84 Å². The molecular weight excluding hydrogens is 218 g/mol. The summed E-state index contributed by atoms with van der Waals surface area (Å²) in [6, 6.07) is 3.44. The second-order valence-corrected chi connectivity index (χ2v) is 4.25. The highest BCUT2D eigenvalue weighted by atomic mass is 16.5. The molecule has 0 unspecified atom stereocenters. The van der Waals surface area contributed by atoms with Crippen molar-refractivity contribution in [3.8, 4) is 0 Å². The van der Waals surface area contributed by atoms with Crippen molar-refractivity contribution in [2.24, 2.45) is 11.8 Å². The third-order valence-corrected chi connectivity index (χ3v) is 2.31. The molecule has 0 radical (unpaired) electrons. The number of carbonyl (C=O) groups excluding carboxylic acids is 1. The molecule has 3 N–H and O–H groups in total. The monoisotopic (exact) mass is 237 g/mol. The van der Waals surface area contributed by atoms with Crippen LogP contribution in [0.25, 0.3) is 0 Å². The summed E-state index contributed by atoms with van der Waals surface area (Å²) >= 11 is 0. The number of pyridine rings is 1. The predicted octanol–water partition coefficient (Wildman–Crippen LogP) is 1.25. The summed E-state index contributed by atoms with van der Waals surface area (Å²) in [7, 11) is 0. The van der Waals surface area contributed by atoms with Crippen LogP contribution >= 0.6 is 0 Å². The van der Waals surface area contributed by atoms with Crippen LogP contribution in [0.3, 0.4) is 0 Å².